The van der Waals surface area contributed by atoms with Crippen LogP contribution in [0, 0.1) is 18.3 Å². The Bertz CT molecular complexity index is 652. The maximum Gasteiger partial charge on any atom is 0.263 e. The summed E-state index contributed by atoms with van der Waals surface area (Å²) < 4.78 is 5.65. The molecule has 0 aliphatic rings. The number of amides is 1. The van der Waals surface area contributed by atoms with E-state index in [1.807, 2.05) is 65.8 Å². The molecule has 0 aromatic heterocycles. The first-order valence-corrected chi connectivity index (χ1v) is 8.10. The van der Waals surface area contributed by atoms with Crippen LogP contribution < -0.4 is 15.4 Å². The standard InChI is InChI=1S/C19H27N3O2/c1-7-24-17-9-8-13(2)10-16(17)14(3)21-12-15(11-20)18(23)22-19(4,5)6/h8-10,12,14,21H,7H2,1-6H3,(H,22,23)/b15-12-. The van der Waals surface area contributed by atoms with Crippen molar-refractivity contribution in [2.45, 2.75) is 53.1 Å². The van der Waals surface area contributed by atoms with Crippen LogP contribution in [0.3, 0.4) is 0 Å². The van der Waals surface area contributed by atoms with Crippen molar-refractivity contribution in [2.24, 2.45) is 0 Å². The monoisotopic (exact) mass is 329 g/mol. The molecule has 5 nitrogen and oxygen atoms in total. The molecule has 0 spiro atoms. The molecular formula is C19H27N3O2. The molecule has 1 aromatic carbocycles. The van der Waals surface area contributed by atoms with Crippen LogP contribution in [-0.2, 0) is 4.79 Å². The normalized spacial score (nSPS) is 13.0. The van der Waals surface area contributed by atoms with Gasteiger partial charge in [-0.05, 0) is 47.6 Å². The minimum atomic E-state index is -0.392. The molecule has 0 saturated heterocycles. The molecule has 130 valence electrons. The van der Waals surface area contributed by atoms with Gasteiger partial charge in [0, 0.05) is 17.3 Å². The summed E-state index contributed by atoms with van der Waals surface area (Å²) in [6.45, 7) is 12.1. The molecule has 0 radical (unpaired) electrons. The fraction of sp³-hybridized carbons (Fsp3) is 0.474. The highest BCUT2D eigenvalue weighted by molar-refractivity contribution is 5.97. The number of ether oxygens (including phenoxy) is 1. The largest absolute Gasteiger partial charge is 0.494 e. The Balaban J connectivity index is 2.94. The summed E-state index contributed by atoms with van der Waals surface area (Å²) in [4.78, 5) is 12.1. The summed E-state index contributed by atoms with van der Waals surface area (Å²) in [5, 5.41) is 15.1. The van der Waals surface area contributed by atoms with Crippen LogP contribution in [0.1, 0.15) is 51.8 Å². The molecule has 0 bridgehead atoms. The zero-order chi connectivity index (χ0) is 18.3. The van der Waals surface area contributed by atoms with E-state index in [-0.39, 0.29) is 17.5 Å². The van der Waals surface area contributed by atoms with E-state index in [0.717, 1.165) is 16.9 Å². The molecule has 0 aliphatic heterocycles. The summed E-state index contributed by atoms with van der Waals surface area (Å²) in [5.74, 6) is 0.410. The second-order valence-corrected chi connectivity index (χ2v) is 6.74. The summed E-state index contributed by atoms with van der Waals surface area (Å²) in [6.07, 6.45) is 1.46. The molecule has 2 N–H and O–H groups in total. The summed E-state index contributed by atoms with van der Waals surface area (Å²) in [5.41, 5.74) is 1.76. The van der Waals surface area contributed by atoms with Crippen LogP contribution in [0.5, 0.6) is 5.75 Å². The van der Waals surface area contributed by atoms with Gasteiger partial charge in [-0.3, -0.25) is 4.79 Å². The van der Waals surface area contributed by atoms with E-state index in [1.54, 1.807) is 0 Å². The quantitative estimate of drug-likeness (QED) is 0.620. The van der Waals surface area contributed by atoms with Gasteiger partial charge in [0.15, 0.2) is 0 Å². The van der Waals surface area contributed by atoms with Gasteiger partial charge in [-0.15, -0.1) is 0 Å². The lowest BCUT2D eigenvalue weighted by atomic mass is 10.0. The Morgan fingerprint density at radius 2 is 2.08 bits per heavy atom. The second-order valence-electron chi connectivity index (χ2n) is 6.74. The number of hydrogen-bond donors (Lipinski definition) is 2. The van der Waals surface area contributed by atoms with Crippen molar-refractivity contribution in [2.75, 3.05) is 6.61 Å². The highest BCUT2D eigenvalue weighted by Crippen LogP contribution is 2.26. The highest BCUT2D eigenvalue weighted by Gasteiger charge is 2.18. The van der Waals surface area contributed by atoms with Crippen LogP contribution in [-0.4, -0.2) is 18.1 Å². The van der Waals surface area contributed by atoms with E-state index in [4.69, 9.17) is 4.74 Å². The molecule has 0 aliphatic carbocycles. The van der Waals surface area contributed by atoms with Gasteiger partial charge in [-0.25, -0.2) is 0 Å². The third-order valence-corrected chi connectivity index (χ3v) is 3.26. The van der Waals surface area contributed by atoms with Gasteiger partial charge < -0.3 is 15.4 Å². The number of carbonyl (C=O) groups excluding carboxylic acids is 1. The van der Waals surface area contributed by atoms with Gasteiger partial charge in [0.25, 0.3) is 5.91 Å². The Morgan fingerprint density at radius 1 is 1.42 bits per heavy atom. The van der Waals surface area contributed by atoms with Gasteiger partial charge in [0.1, 0.15) is 17.4 Å². The zero-order valence-corrected chi connectivity index (χ0v) is 15.4. The molecule has 1 atom stereocenters. The lowest BCUT2D eigenvalue weighted by Crippen LogP contribution is -2.41. The van der Waals surface area contributed by atoms with Crippen LogP contribution in [0.25, 0.3) is 0 Å². The molecule has 5 heteroatoms. The van der Waals surface area contributed by atoms with Crippen molar-refractivity contribution >= 4 is 5.91 Å². The Kier molecular flexibility index (Phi) is 6.84. The topological polar surface area (TPSA) is 74.1 Å². The lowest BCUT2D eigenvalue weighted by molar-refractivity contribution is -0.118. The van der Waals surface area contributed by atoms with Crippen LogP contribution in [0.4, 0.5) is 0 Å². The Morgan fingerprint density at radius 3 is 2.62 bits per heavy atom. The van der Waals surface area contributed by atoms with Crippen molar-refractivity contribution in [3.8, 4) is 11.8 Å². The molecule has 0 saturated carbocycles. The molecule has 1 rings (SSSR count). The van der Waals surface area contributed by atoms with E-state index >= 15 is 0 Å². The summed E-state index contributed by atoms with van der Waals surface area (Å²) in [6, 6.07) is 7.81. The van der Waals surface area contributed by atoms with E-state index in [1.165, 1.54) is 6.20 Å². The minimum absolute atomic E-state index is 0.0439. The number of benzene rings is 1. The third-order valence-electron chi connectivity index (χ3n) is 3.26. The lowest BCUT2D eigenvalue weighted by Gasteiger charge is -2.21. The number of nitriles is 1. The highest BCUT2D eigenvalue weighted by atomic mass is 16.5. The number of carbonyl (C=O) groups is 1. The predicted molar refractivity (Wildman–Crippen MR) is 95.5 cm³/mol. The van der Waals surface area contributed by atoms with E-state index in [9.17, 15) is 10.1 Å². The molecule has 0 heterocycles. The molecule has 1 aromatic rings. The van der Waals surface area contributed by atoms with Crippen LogP contribution in [0.2, 0.25) is 0 Å². The predicted octanol–water partition coefficient (Wildman–Crippen LogP) is 3.37. The average Bonchev–Trinajstić information content (AvgIpc) is 2.47. The van der Waals surface area contributed by atoms with Crippen LogP contribution >= 0.6 is 0 Å². The van der Waals surface area contributed by atoms with E-state index < -0.39 is 5.54 Å². The van der Waals surface area contributed by atoms with Gasteiger partial charge in [-0.2, -0.15) is 5.26 Å². The first kappa shape index (κ1) is 19.6. The maximum atomic E-state index is 12.1. The molecule has 1 unspecified atom stereocenters. The number of nitrogens with one attached hydrogen (secondary N) is 2. The van der Waals surface area contributed by atoms with Gasteiger partial charge in [0.05, 0.1) is 12.6 Å². The van der Waals surface area contributed by atoms with Gasteiger partial charge >= 0.3 is 0 Å². The van der Waals surface area contributed by atoms with E-state index in [2.05, 4.69) is 10.6 Å². The van der Waals surface area contributed by atoms with Gasteiger partial charge in [0.2, 0.25) is 0 Å². The average molecular weight is 329 g/mol. The summed E-state index contributed by atoms with van der Waals surface area (Å²) in [7, 11) is 0. The third kappa shape index (κ3) is 5.96. The molecule has 1 amide bonds. The Hall–Kier alpha value is -2.48. The molecule has 24 heavy (non-hydrogen) atoms. The van der Waals surface area contributed by atoms with Crippen LogP contribution in [0.15, 0.2) is 30.0 Å². The Labute approximate surface area is 144 Å². The SMILES string of the molecule is CCOc1ccc(C)cc1C(C)N/C=C(/C#N)C(=O)NC(C)(C)C. The minimum Gasteiger partial charge on any atom is -0.494 e. The number of aryl methyl sites for hydroxylation is 1. The number of nitrogens with zero attached hydrogens (tertiary/aromatic N) is 1. The van der Waals surface area contributed by atoms with Crippen molar-refractivity contribution < 1.29 is 9.53 Å². The number of hydrogen-bond acceptors (Lipinski definition) is 4. The first-order chi connectivity index (χ1) is 11.2. The maximum absolute atomic E-state index is 12.1. The zero-order valence-electron chi connectivity index (χ0n) is 15.4. The molecule has 0 fully saturated rings. The first-order valence-electron chi connectivity index (χ1n) is 8.10. The number of rotatable bonds is 6. The van der Waals surface area contributed by atoms with E-state index in [0.29, 0.717) is 6.61 Å². The van der Waals surface area contributed by atoms with Crippen molar-refractivity contribution in [3.63, 3.8) is 0 Å². The molecular weight excluding hydrogens is 302 g/mol. The van der Waals surface area contributed by atoms with Crippen molar-refractivity contribution in [1.82, 2.24) is 10.6 Å². The summed E-state index contributed by atoms with van der Waals surface area (Å²) >= 11 is 0. The fourth-order valence-corrected chi connectivity index (χ4v) is 2.15. The fourth-order valence-electron chi connectivity index (χ4n) is 2.15. The smallest absolute Gasteiger partial charge is 0.263 e. The van der Waals surface area contributed by atoms with Crippen molar-refractivity contribution in [3.05, 3.63) is 41.1 Å². The van der Waals surface area contributed by atoms with Gasteiger partial charge in [-0.1, -0.05) is 17.7 Å². The second kappa shape index (κ2) is 8.39. The van der Waals surface area contributed by atoms with Crippen molar-refractivity contribution in [1.29, 1.82) is 5.26 Å².